The van der Waals surface area contributed by atoms with E-state index in [0.717, 1.165) is 37.6 Å². The van der Waals surface area contributed by atoms with Crippen molar-refractivity contribution in [2.24, 2.45) is 0 Å². The molecule has 1 aromatic rings. The van der Waals surface area contributed by atoms with E-state index in [1.165, 1.54) is 12.8 Å². The molecule has 0 atom stereocenters. The van der Waals surface area contributed by atoms with Crippen molar-refractivity contribution in [2.45, 2.75) is 38.1 Å². The Morgan fingerprint density at radius 2 is 2.11 bits per heavy atom. The number of rotatable bonds is 1. The van der Waals surface area contributed by atoms with Gasteiger partial charge in [0.2, 0.25) is 11.0 Å². The fourth-order valence-corrected chi connectivity index (χ4v) is 3.97. The first-order valence-electron chi connectivity index (χ1n) is 6.51. The minimum atomic E-state index is 0.199. The molecule has 2 aliphatic rings. The van der Waals surface area contributed by atoms with E-state index in [2.05, 4.69) is 15.1 Å². The Balaban J connectivity index is 1.77. The van der Waals surface area contributed by atoms with E-state index < -0.39 is 0 Å². The van der Waals surface area contributed by atoms with Gasteiger partial charge in [-0.15, -0.1) is 10.2 Å². The molecular weight excluding hydrogens is 248 g/mol. The molecule has 0 unspecified atom stereocenters. The molecule has 0 aliphatic carbocycles. The lowest BCUT2D eigenvalue weighted by Crippen LogP contribution is -2.53. The molecule has 3 rings (SSSR count). The normalized spacial score (nSPS) is 22.7. The summed E-state index contributed by atoms with van der Waals surface area (Å²) in [6.07, 6.45) is 4.57. The van der Waals surface area contributed by atoms with Crippen LogP contribution in [0, 0.1) is 0 Å². The number of carbonyl (C=O) groups excluding carboxylic acids is 1. The van der Waals surface area contributed by atoms with Gasteiger partial charge in [0.05, 0.1) is 0 Å². The summed E-state index contributed by atoms with van der Waals surface area (Å²) in [5.74, 6) is 0.199. The van der Waals surface area contributed by atoms with Gasteiger partial charge in [-0.1, -0.05) is 11.3 Å². The Hall–Kier alpha value is -1.17. The van der Waals surface area contributed by atoms with Crippen molar-refractivity contribution in [3.63, 3.8) is 0 Å². The number of nitrogens with zero attached hydrogens (tertiary/aromatic N) is 4. The fourth-order valence-electron chi connectivity index (χ4n) is 3.28. The number of aromatic nitrogens is 2. The lowest BCUT2D eigenvalue weighted by atomic mass is 9.85. The summed E-state index contributed by atoms with van der Waals surface area (Å²) in [5, 5.41) is 9.21. The van der Waals surface area contributed by atoms with Gasteiger partial charge in [0, 0.05) is 32.1 Å². The van der Waals surface area contributed by atoms with Gasteiger partial charge < -0.3 is 9.80 Å². The van der Waals surface area contributed by atoms with E-state index in [1.807, 2.05) is 4.90 Å². The van der Waals surface area contributed by atoms with Crippen molar-refractivity contribution in [2.75, 3.05) is 24.5 Å². The highest BCUT2D eigenvalue weighted by Gasteiger charge is 2.44. The van der Waals surface area contributed by atoms with Gasteiger partial charge in [0.15, 0.2) is 0 Å². The van der Waals surface area contributed by atoms with Crippen LogP contribution in [0.25, 0.3) is 0 Å². The van der Waals surface area contributed by atoms with Crippen LogP contribution in [0.3, 0.4) is 0 Å². The van der Waals surface area contributed by atoms with Gasteiger partial charge in [-0.25, -0.2) is 0 Å². The second-order valence-electron chi connectivity index (χ2n) is 5.21. The zero-order valence-corrected chi connectivity index (χ0v) is 11.4. The molecule has 6 heteroatoms. The summed E-state index contributed by atoms with van der Waals surface area (Å²) in [7, 11) is 0. The predicted octanol–water partition coefficient (Wildman–Crippen LogP) is 1.52. The number of amides is 1. The summed E-state index contributed by atoms with van der Waals surface area (Å²) in [5.41, 5.74) is 2.03. The van der Waals surface area contributed by atoms with E-state index >= 15 is 0 Å². The molecule has 1 aromatic heterocycles. The lowest BCUT2D eigenvalue weighted by molar-refractivity contribution is -0.130. The largest absolute Gasteiger partial charge is 0.343 e. The SMILES string of the molecule is CC(=O)N1CCC2(CCCN2c2nncs2)CC1. The van der Waals surface area contributed by atoms with Crippen molar-refractivity contribution in [3.8, 4) is 0 Å². The van der Waals surface area contributed by atoms with Crippen molar-refractivity contribution >= 4 is 22.4 Å². The standard InChI is InChI=1S/C12H18N4OS/c1-10(17)15-7-4-12(5-8-15)3-2-6-16(12)11-14-13-9-18-11/h9H,2-8H2,1H3. The number of anilines is 1. The number of hydrogen-bond acceptors (Lipinski definition) is 5. The van der Waals surface area contributed by atoms with Gasteiger partial charge >= 0.3 is 0 Å². The first-order valence-corrected chi connectivity index (χ1v) is 7.39. The highest BCUT2D eigenvalue weighted by atomic mass is 32.1. The molecule has 98 valence electrons. The first kappa shape index (κ1) is 11.9. The van der Waals surface area contributed by atoms with Crippen LogP contribution in [-0.4, -0.2) is 46.2 Å². The molecule has 2 saturated heterocycles. The van der Waals surface area contributed by atoms with E-state index in [1.54, 1.807) is 23.8 Å². The van der Waals surface area contributed by atoms with Gasteiger partial charge in [0.25, 0.3) is 0 Å². The second kappa shape index (κ2) is 4.50. The maximum atomic E-state index is 11.4. The number of likely N-dealkylation sites (tertiary alicyclic amines) is 1. The Morgan fingerprint density at radius 1 is 1.33 bits per heavy atom. The molecule has 1 amide bonds. The highest BCUT2D eigenvalue weighted by Crippen LogP contribution is 2.41. The summed E-state index contributed by atoms with van der Waals surface area (Å²) >= 11 is 1.62. The Kier molecular flexibility index (Phi) is 2.97. The summed E-state index contributed by atoms with van der Waals surface area (Å²) in [6, 6.07) is 0. The molecule has 0 radical (unpaired) electrons. The minimum Gasteiger partial charge on any atom is -0.343 e. The molecule has 2 aliphatic heterocycles. The van der Waals surface area contributed by atoms with Gasteiger partial charge in [-0.2, -0.15) is 0 Å². The average Bonchev–Trinajstić information content (AvgIpc) is 2.99. The fraction of sp³-hybridized carbons (Fsp3) is 0.750. The number of carbonyl (C=O) groups is 1. The summed E-state index contributed by atoms with van der Waals surface area (Å²) in [4.78, 5) is 15.8. The smallest absolute Gasteiger partial charge is 0.219 e. The van der Waals surface area contributed by atoms with Crippen LogP contribution in [0.4, 0.5) is 5.13 Å². The monoisotopic (exact) mass is 266 g/mol. The van der Waals surface area contributed by atoms with Crippen LogP contribution in [0.1, 0.15) is 32.6 Å². The van der Waals surface area contributed by atoms with E-state index in [0.29, 0.717) is 0 Å². The van der Waals surface area contributed by atoms with E-state index in [-0.39, 0.29) is 11.4 Å². The summed E-state index contributed by atoms with van der Waals surface area (Å²) in [6.45, 7) is 4.50. The second-order valence-corrected chi connectivity index (χ2v) is 6.02. The maximum Gasteiger partial charge on any atom is 0.219 e. The van der Waals surface area contributed by atoms with Crippen molar-refractivity contribution in [1.82, 2.24) is 15.1 Å². The molecule has 0 bridgehead atoms. The molecule has 1 spiro atoms. The van der Waals surface area contributed by atoms with Crippen LogP contribution in [0.2, 0.25) is 0 Å². The predicted molar refractivity (Wildman–Crippen MR) is 70.7 cm³/mol. The van der Waals surface area contributed by atoms with Crippen LogP contribution in [-0.2, 0) is 4.79 Å². The molecule has 0 N–H and O–H groups in total. The molecule has 18 heavy (non-hydrogen) atoms. The van der Waals surface area contributed by atoms with Crippen LogP contribution >= 0.6 is 11.3 Å². The zero-order chi connectivity index (χ0) is 12.6. The van der Waals surface area contributed by atoms with E-state index in [4.69, 9.17) is 0 Å². The van der Waals surface area contributed by atoms with Crippen LogP contribution in [0.15, 0.2) is 5.51 Å². The van der Waals surface area contributed by atoms with Crippen molar-refractivity contribution in [3.05, 3.63) is 5.51 Å². The molecule has 3 heterocycles. The molecule has 2 fully saturated rings. The zero-order valence-electron chi connectivity index (χ0n) is 10.6. The molecule has 0 aromatic carbocycles. The number of hydrogen-bond donors (Lipinski definition) is 0. The van der Waals surface area contributed by atoms with Crippen molar-refractivity contribution in [1.29, 1.82) is 0 Å². The van der Waals surface area contributed by atoms with Gasteiger partial charge in [-0.3, -0.25) is 4.79 Å². The summed E-state index contributed by atoms with van der Waals surface area (Å²) < 4.78 is 0. The third kappa shape index (κ3) is 1.88. The van der Waals surface area contributed by atoms with Crippen molar-refractivity contribution < 1.29 is 4.79 Å². The maximum absolute atomic E-state index is 11.4. The third-order valence-electron chi connectivity index (χ3n) is 4.32. The topological polar surface area (TPSA) is 49.3 Å². The Labute approximate surface area is 111 Å². The Bertz CT molecular complexity index is 425. The lowest BCUT2D eigenvalue weighted by Gasteiger charge is -2.44. The highest BCUT2D eigenvalue weighted by molar-refractivity contribution is 7.13. The van der Waals surface area contributed by atoms with Crippen LogP contribution in [0.5, 0.6) is 0 Å². The third-order valence-corrected chi connectivity index (χ3v) is 5.03. The Morgan fingerprint density at radius 3 is 2.72 bits per heavy atom. The van der Waals surface area contributed by atoms with Gasteiger partial charge in [-0.05, 0) is 25.7 Å². The molecular formula is C12H18N4OS. The minimum absolute atomic E-state index is 0.199. The van der Waals surface area contributed by atoms with Gasteiger partial charge in [0.1, 0.15) is 5.51 Å². The van der Waals surface area contributed by atoms with Crippen LogP contribution < -0.4 is 4.90 Å². The quantitative estimate of drug-likeness (QED) is 0.773. The molecule has 5 nitrogen and oxygen atoms in total. The van der Waals surface area contributed by atoms with E-state index in [9.17, 15) is 4.79 Å². The first-order chi connectivity index (χ1) is 8.71. The molecule has 0 saturated carbocycles. The number of piperidine rings is 1. The average molecular weight is 266 g/mol.